The van der Waals surface area contributed by atoms with Crippen molar-refractivity contribution >= 4 is 32.6 Å². The standard InChI is InChI=1S/C20H26N6O2S/c1-15-4-5-16(2)19-18(15)23-20(29-19)26(17(27)12-25-14-21-13-22-25)7-3-6-24-8-10-28-11-9-24/h4-5,13-14H,3,6-12H2,1-2H3. The molecule has 1 saturated heterocycles. The lowest BCUT2D eigenvalue weighted by Gasteiger charge is -2.27. The third-order valence-electron chi connectivity index (χ3n) is 5.19. The van der Waals surface area contributed by atoms with Crippen molar-refractivity contribution in [2.45, 2.75) is 26.8 Å². The monoisotopic (exact) mass is 414 g/mol. The van der Waals surface area contributed by atoms with Gasteiger partial charge >= 0.3 is 0 Å². The average molecular weight is 415 g/mol. The minimum Gasteiger partial charge on any atom is -0.379 e. The van der Waals surface area contributed by atoms with Crippen LogP contribution in [-0.4, -0.2) is 69.9 Å². The van der Waals surface area contributed by atoms with Crippen molar-refractivity contribution in [3.63, 3.8) is 0 Å². The summed E-state index contributed by atoms with van der Waals surface area (Å²) in [6.45, 7) is 9.35. The van der Waals surface area contributed by atoms with Crippen LogP contribution < -0.4 is 4.90 Å². The molecule has 1 aliphatic rings. The number of carbonyl (C=O) groups excluding carboxylic acids is 1. The van der Waals surface area contributed by atoms with Gasteiger partial charge < -0.3 is 4.74 Å². The highest BCUT2D eigenvalue weighted by atomic mass is 32.1. The summed E-state index contributed by atoms with van der Waals surface area (Å²) in [6.07, 6.45) is 3.90. The van der Waals surface area contributed by atoms with E-state index in [0.717, 1.165) is 60.2 Å². The smallest absolute Gasteiger partial charge is 0.250 e. The fourth-order valence-corrected chi connectivity index (χ4v) is 4.66. The Morgan fingerprint density at radius 2 is 2.03 bits per heavy atom. The van der Waals surface area contributed by atoms with Gasteiger partial charge in [0, 0.05) is 26.2 Å². The first-order valence-corrected chi connectivity index (χ1v) is 10.7. The van der Waals surface area contributed by atoms with Gasteiger partial charge in [0.1, 0.15) is 19.2 Å². The van der Waals surface area contributed by atoms with E-state index in [1.807, 2.05) is 4.90 Å². The van der Waals surface area contributed by atoms with Crippen molar-refractivity contribution in [2.24, 2.45) is 0 Å². The summed E-state index contributed by atoms with van der Waals surface area (Å²) in [5, 5.41) is 4.83. The summed E-state index contributed by atoms with van der Waals surface area (Å²) in [5.41, 5.74) is 3.30. The molecule has 1 aliphatic heterocycles. The van der Waals surface area contributed by atoms with Crippen LogP contribution in [0.3, 0.4) is 0 Å². The van der Waals surface area contributed by atoms with Crippen LogP contribution >= 0.6 is 11.3 Å². The molecule has 9 heteroatoms. The van der Waals surface area contributed by atoms with Crippen molar-refractivity contribution in [1.29, 1.82) is 0 Å². The van der Waals surface area contributed by atoms with E-state index in [0.29, 0.717) is 6.54 Å². The molecule has 1 amide bonds. The van der Waals surface area contributed by atoms with Gasteiger partial charge in [-0.2, -0.15) is 5.10 Å². The van der Waals surface area contributed by atoms with Crippen LogP contribution in [-0.2, 0) is 16.1 Å². The zero-order valence-electron chi connectivity index (χ0n) is 16.9. The molecule has 8 nitrogen and oxygen atoms in total. The number of anilines is 1. The second-order valence-electron chi connectivity index (χ2n) is 7.32. The lowest BCUT2D eigenvalue weighted by Crippen LogP contribution is -2.40. The number of hydrogen-bond donors (Lipinski definition) is 0. The van der Waals surface area contributed by atoms with Gasteiger partial charge in [0.05, 0.1) is 23.4 Å². The molecule has 0 unspecified atom stereocenters. The number of benzene rings is 1. The van der Waals surface area contributed by atoms with E-state index in [9.17, 15) is 4.79 Å². The first-order valence-electron chi connectivity index (χ1n) is 9.91. The molecule has 0 atom stereocenters. The fraction of sp³-hybridized carbons (Fsp3) is 0.500. The Kier molecular flexibility index (Phi) is 6.17. The van der Waals surface area contributed by atoms with Crippen LogP contribution in [0, 0.1) is 13.8 Å². The molecule has 0 aliphatic carbocycles. The van der Waals surface area contributed by atoms with E-state index in [-0.39, 0.29) is 12.5 Å². The Morgan fingerprint density at radius 1 is 1.24 bits per heavy atom. The number of aromatic nitrogens is 4. The van der Waals surface area contributed by atoms with E-state index in [1.54, 1.807) is 22.3 Å². The van der Waals surface area contributed by atoms with Gasteiger partial charge in [-0.1, -0.05) is 23.5 Å². The maximum absolute atomic E-state index is 13.1. The number of morpholine rings is 1. The highest BCUT2D eigenvalue weighted by Crippen LogP contribution is 2.33. The number of nitrogens with zero attached hydrogens (tertiary/aromatic N) is 6. The number of carbonyl (C=O) groups is 1. The maximum Gasteiger partial charge on any atom is 0.250 e. The number of rotatable bonds is 7. The molecule has 1 fully saturated rings. The second-order valence-corrected chi connectivity index (χ2v) is 8.30. The maximum atomic E-state index is 13.1. The van der Waals surface area contributed by atoms with Crippen LogP contribution in [0.25, 0.3) is 10.2 Å². The van der Waals surface area contributed by atoms with Gasteiger partial charge in [0.25, 0.3) is 5.91 Å². The molecular formula is C20H26N6O2S. The summed E-state index contributed by atoms with van der Waals surface area (Å²) >= 11 is 1.59. The number of amides is 1. The van der Waals surface area contributed by atoms with Crippen LogP contribution in [0.5, 0.6) is 0 Å². The van der Waals surface area contributed by atoms with E-state index in [1.165, 1.54) is 11.9 Å². The SMILES string of the molecule is Cc1ccc(C)c2sc(N(CCCN3CCOCC3)C(=O)Cn3cncn3)nc12. The number of ether oxygens (including phenoxy) is 1. The molecule has 0 bridgehead atoms. The molecule has 2 aromatic heterocycles. The van der Waals surface area contributed by atoms with Gasteiger partial charge in [-0.15, -0.1) is 0 Å². The van der Waals surface area contributed by atoms with Crippen molar-refractivity contribution in [1.82, 2.24) is 24.6 Å². The molecule has 29 heavy (non-hydrogen) atoms. The van der Waals surface area contributed by atoms with Crippen LogP contribution in [0.2, 0.25) is 0 Å². The summed E-state index contributed by atoms with van der Waals surface area (Å²) in [6, 6.07) is 4.20. The Hall–Kier alpha value is -2.36. The normalized spacial score (nSPS) is 15.1. The molecule has 3 aromatic rings. The molecule has 0 spiro atoms. The van der Waals surface area contributed by atoms with Crippen LogP contribution in [0.1, 0.15) is 17.5 Å². The molecule has 154 valence electrons. The molecule has 0 radical (unpaired) electrons. The van der Waals surface area contributed by atoms with E-state index >= 15 is 0 Å². The molecule has 0 saturated carbocycles. The van der Waals surface area contributed by atoms with Crippen LogP contribution in [0.15, 0.2) is 24.8 Å². The summed E-state index contributed by atoms with van der Waals surface area (Å²) in [4.78, 5) is 26.1. The minimum absolute atomic E-state index is 0.0214. The van der Waals surface area contributed by atoms with E-state index in [2.05, 4.69) is 41.0 Å². The largest absolute Gasteiger partial charge is 0.379 e. The molecule has 3 heterocycles. The zero-order chi connectivity index (χ0) is 20.2. The second kappa shape index (κ2) is 8.98. The Morgan fingerprint density at radius 3 is 2.76 bits per heavy atom. The highest BCUT2D eigenvalue weighted by Gasteiger charge is 2.22. The summed E-state index contributed by atoms with van der Waals surface area (Å²) in [7, 11) is 0. The first kappa shape index (κ1) is 19.9. The van der Waals surface area contributed by atoms with Crippen molar-refractivity contribution < 1.29 is 9.53 Å². The fourth-order valence-electron chi connectivity index (χ4n) is 3.51. The third kappa shape index (κ3) is 4.63. The van der Waals surface area contributed by atoms with Crippen molar-refractivity contribution in [3.05, 3.63) is 35.9 Å². The predicted molar refractivity (Wildman–Crippen MR) is 113 cm³/mol. The predicted octanol–water partition coefficient (Wildman–Crippen LogP) is 2.26. The lowest BCUT2D eigenvalue weighted by molar-refractivity contribution is -0.119. The van der Waals surface area contributed by atoms with Gasteiger partial charge in [-0.05, 0) is 31.4 Å². The number of thiazole rings is 1. The number of aryl methyl sites for hydroxylation is 2. The van der Waals surface area contributed by atoms with Crippen LogP contribution in [0.4, 0.5) is 5.13 Å². The van der Waals surface area contributed by atoms with Gasteiger partial charge in [-0.3, -0.25) is 14.6 Å². The van der Waals surface area contributed by atoms with E-state index in [4.69, 9.17) is 9.72 Å². The van der Waals surface area contributed by atoms with Gasteiger partial charge in [0.15, 0.2) is 5.13 Å². The molecular weight excluding hydrogens is 388 g/mol. The van der Waals surface area contributed by atoms with Gasteiger partial charge in [0.2, 0.25) is 0 Å². The number of hydrogen-bond acceptors (Lipinski definition) is 7. The van der Waals surface area contributed by atoms with Gasteiger partial charge in [-0.25, -0.2) is 14.6 Å². The molecule has 1 aromatic carbocycles. The number of fused-ring (bicyclic) bond motifs is 1. The zero-order valence-corrected chi connectivity index (χ0v) is 17.7. The Bertz CT molecular complexity index is 926. The van der Waals surface area contributed by atoms with Crippen molar-refractivity contribution in [2.75, 3.05) is 44.3 Å². The van der Waals surface area contributed by atoms with Crippen molar-refractivity contribution in [3.8, 4) is 0 Å². The van der Waals surface area contributed by atoms with E-state index < -0.39 is 0 Å². The summed E-state index contributed by atoms with van der Waals surface area (Å²) < 4.78 is 8.12. The molecule has 0 N–H and O–H groups in total. The average Bonchev–Trinajstić information content (AvgIpc) is 3.39. The lowest BCUT2D eigenvalue weighted by atomic mass is 10.1. The first-order chi connectivity index (χ1) is 14.1. The summed E-state index contributed by atoms with van der Waals surface area (Å²) in [5.74, 6) is -0.0214. The quantitative estimate of drug-likeness (QED) is 0.590. The highest BCUT2D eigenvalue weighted by molar-refractivity contribution is 7.22. The Balaban J connectivity index is 1.54. The minimum atomic E-state index is -0.0214. The Labute approximate surface area is 174 Å². The topological polar surface area (TPSA) is 76.4 Å². The molecule has 4 rings (SSSR count). The third-order valence-corrected chi connectivity index (χ3v) is 6.40.